The van der Waals surface area contributed by atoms with Crippen molar-refractivity contribution in [2.45, 2.75) is 50.7 Å². The van der Waals surface area contributed by atoms with Crippen LogP contribution in [0.1, 0.15) is 44.3 Å². The normalized spacial score (nSPS) is 36.5. The molecule has 2 unspecified atom stereocenters. The van der Waals surface area contributed by atoms with E-state index in [2.05, 4.69) is 5.32 Å². The topological polar surface area (TPSA) is 88.8 Å². The second-order valence-corrected chi connectivity index (χ2v) is 7.90. The second-order valence-electron chi connectivity index (χ2n) is 7.90. The number of hydrogen-bond acceptors (Lipinski definition) is 5. The SMILES string of the molecule is O=C(COC(=O)C12CC3CC(CC(O)(C3)C1)C2)NCc1ccco1. The molecule has 2 N–H and O–H groups in total. The van der Waals surface area contributed by atoms with Crippen molar-refractivity contribution in [2.24, 2.45) is 17.3 Å². The highest BCUT2D eigenvalue weighted by Crippen LogP contribution is 2.61. The van der Waals surface area contributed by atoms with Gasteiger partial charge >= 0.3 is 5.97 Å². The van der Waals surface area contributed by atoms with Gasteiger partial charge < -0.3 is 19.6 Å². The third kappa shape index (κ3) is 2.83. The molecule has 24 heavy (non-hydrogen) atoms. The van der Waals surface area contributed by atoms with Gasteiger partial charge in [0.05, 0.1) is 23.8 Å². The molecule has 0 radical (unpaired) electrons. The van der Waals surface area contributed by atoms with Crippen LogP contribution in [0.4, 0.5) is 0 Å². The smallest absolute Gasteiger partial charge is 0.312 e. The Bertz CT molecular complexity index is 624. The number of rotatable bonds is 5. The Morgan fingerprint density at radius 2 is 2.04 bits per heavy atom. The van der Waals surface area contributed by atoms with Gasteiger partial charge in [-0.1, -0.05) is 0 Å². The number of carbonyl (C=O) groups excluding carboxylic acids is 2. The lowest BCUT2D eigenvalue weighted by molar-refractivity contribution is -0.196. The number of amides is 1. The fourth-order valence-electron chi connectivity index (χ4n) is 5.39. The lowest BCUT2D eigenvalue weighted by Gasteiger charge is -2.58. The van der Waals surface area contributed by atoms with E-state index in [0.29, 0.717) is 24.0 Å². The molecule has 0 aromatic carbocycles. The quantitative estimate of drug-likeness (QED) is 0.802. The Morgan fingerprint density at radius 3 is 2.67 bits per heavy atom. The van der Waals surface area contributed by atoms with Crippen LogP contribution in [0.25, 0.3) is 0 Å². The monoisotopic (exact) mass is 333 g/mol. The molecule has 0 aliphatic heterocycles. The van der Waals surface area contributed by atoms with Crippen molar-refractivity contribution in [3.8, 4) is 0 Å². The minimum atomic E-state index is -0.704. The van der Waals surface area contributed by atoms with E-state index >= 15 is 0 Å². The van der Waals surface area contributed by atoms with Crippen LogP contribution in [0.3, 0.4) is 0 Å². The van der Waals surface area contributed by atoms with E-state index in [1.165, 1.54) is 0 Å². The third-order valence-corrected chi connectivity index (χ3v) is 5.84. The molecule has 130 valence electrons. The van der Waals surface area contributed by atoms with Gasteiger partial charge in [-0.2, -0.15) is 0 Å². The van der Waals surface area contributed by atoms with Gasteiger partial charge in [0.15, 0.2) is 6.61 Å². The average molecular weight is 333 g/mol. The molecule has 2 atom stereocenters. The van der Waals surface area contributed by atoms with Crippen LogP contribution in [-0.2, 0) is 20.9 Å². The summed E-state index contributed by atoms with van der Waals surface area (Å²) in [6.07, 6.45) is 6.34. The van der Waals surface area contributed by atoms with Gasteiger partial charge in [-0.15, -0.1) is 0 Å². The summed E-state index contributed by atoms with van der Waals surface area (Å²) in [5.74, 6) is 0.817. The zero-order chi connectivity index (χ0) is 16.8. The summed E-state index contributed by atoms with van der Waals surface area (Å²) in [5.41, 5.74) is -1.29. The zero-order valence-electron chi connectivity index (χ0n) is 13.6. The van der Waals surface area contributed by atoms with Crippen LogP contribution in [0.15, 0.2) is 22.8 Å². The van der Waals surface area contributed by atoms with Crippen LogP contribution < -0.4 is 5.32 Å². The molecule has 0 saturated heterocycles. The van der Waals surface area contributed by atoms with Crippen molar-refractivity contribution in [1.29, 1.82) is 0 Å². The minimum absolute atomic E-state index is 0.276. The van der Waals surface area contributed by atoms with Gasteiger partial charge in [0.1, 0.15) is 5.76 Å². The highest BCUT2D eigenvalue weighted by Gasteiger charge is 2.60. The molecule has 1 heterocycles. The zero-order valence-corrected chi connectivity index (χ0v) is 13.6. The molecule has 6 heteroatoms. The van der Waals surface area contributed by atoms with Crippen molar-refractivity contribution < 1.29 is 23.8 Å². The summed E-state index contributed by atoms with van der Waals surface area (Å²) in [7, 11) is 0. The summed E-state index contributed by atoms with van der Waals surface area (Å²) in [4.78, 5) is 24.5. The number of nitrogens with one attached hydrogen (secondary N) is 1. The molecule has 0 spiro atoms. The first-order valence-corrected chi connectivity index (χ1v) is 8.65. The van der Waals surface area contributed by atoms with Crippen molar-refractivity contribution in [3.63, 3.8) is 0 Å². The number of furan rings is 1. The molecule has 1 aromatic rings. The van der Waals surface area contributed by atoms with Gasteiger partial charge in [-0.05, 0) is 62.5 Å². The van der Waals surface area contributed by atoms with E-state index in [9.17, 15) is 14.7 Å². The van der Waals surface area contributed by atoms with Crippen LogP contribution in [0, 0.1) is 17.3 Å². The predicted molar refractivity (Wildman–Crippen MR) is 83.6 cm³/mol. The summed E-state index contributed by atoms with van der Waals surface area (Å²) < 4.78 is 10.4. The van der Waals surface area contributed by atoms with E-state index in [4.69, 9.17) is 9.15 Å². The number of aliphatic hydroxyl groups is 1. The molecule has 5 rings (SSSR count). The Morgan fingerprint density at radius 1 is 1.29 bits per heavy atom. The summed E-state index contributed by atoms with van der Waals surface area (Å²) in [6.45, 7) is -0.00647. The lowest BCUT2D eigenvalue weighted by Crippen LogP contribution is -2.58. The van der Waals surface area contributed by atoms with Crippen LogP contribution >= 0.6 is 0 Å². The van der Waals surface area contributed by atoms with Crippen molar-refractivity contribution in [1.82, 2.24) is 5.32 Å². The van der Waals surface area contributed by atoms with Crippen LogP contribution in [0.5, 0.6) is 0 Å². The summed E-state index contributed by atoms with van der Waals surface area (Å²) in [6, 6.07) is 3.52. The second kappa shape index (κ2) is 5.62. The van der Waals surface area contributed by atoms with Gasteiger partial charge in [0, 0.05) is 0 Å². The molecular weight excluding hydrogens is 310 g/mol. The molecule has 1 amide bonds. The standard InChI is InChI=1S/C18H23NO5/c20-15(19-9-14-2-1-3-23-14)10-24-16(21)17-5-12-4-13(6-17)8-18(22,7-12)11-17/h1-3,12-13,22H,4-11H2,(H,19,20). The fourth-order valence-corrected chi connectivity index (χ4v) is 5.39. The highest BCUT2D eigenvalue weighted by atomic mass is 16.5. The largest absolute Gasteiger partial charge is 0.467 e. The molecule has 4 aliphatic carbocycles. The minimum Gasteiger partial charge on any atom is -0.467 e. The Hall–Kier alpha value is -1.82. The number of hydrogen-bond donors (Lipinski definition) is 2. The molecule has 4 fully saturated rings. The Labute approximate surface area is 140 Å². The molecule has 4 bridgehead atoms. The van der Waals surface area contributed by atoms with Crippen molar-refractivity contribution in [3.05, 3.63) is 24.2 Å². The van der Waals surface area contributed by atoms with Crippen LogP contribution in [-0.4, -0.2) is 29.2 Å². The van der Waals surface area contributed by atoms with E-state index < -0.39 is 11.0 Å². The molecule has 4 aliphatic rings. The van der Waals surface area contributed by atoms with Crippen molar-refractivity contribution >= 4 is 11.9 Å². The number of esters is 1. The third-order valence-electron chi connectivity index (χ3n) is 5.84. The van der Waals surface area contributed by atoms with E-state index in [1.54, 1.807) is 18.4 Å². The maximum absolute atomic E-state index is 12.6. The molecule has 1 aromatic heterocycles. The van der Waals surface area contributed by atoms with E-state index in [1.807, 2.05) is 0 Å². The first-order valence-electron chi connectivity index (χ1n) is 8.65. The van der Waals surface area contributed by atoms with Gasteiger partial charge in [0.2, 0.25) is 0 Å². The molecule has 4 saturated carbocycles. The van der Waals surface area contributed by atoms with Gasteiger partial charge in [-0.3, -0.25) is 9.59 Å². The van der Waals surface area contributed by atoms with Crippen molar-refractivity contribution in [2.75, 3.05) is 6.61 Å². The van der Waals surface area contributed by atoms with Crippen LogP contribution in [0.2, 0.25) is 0 Å². The van der Waals surface area contributed by atoms with E-state index in [0.717, 1.165) is 32.1 Å². The Kier molecular flexibility index (Phi) is 3.67. The van der Waals surface area contributed by atoms with Gasteiger partial charge in [0.25, 0.3) is 5.91 Å². The van der Waals surface area contributed by atoms with Gasteiger partial charge in [-0.25, -0.2) is 0 Å². The number of carbonyl (C=O) groups is 2. The first-order chi connectivity index (χ1) is 11.5. The average Bonchev–Trinajstić information content (AvgIpc) is 3.01. The molecule has 6 nitrogen and oxygen atoms in total. The maximum atomic E-state index is 12.6. The maximum Gasteiger partial charge on any atom is 0.312 e. The highest BCUT2D eigenvalue weighted by molar-refractivity contribution is 5.83. The predicted octanol–water partition coefficient (Wildman–Crippen LogP) is 1.77. The fraction of sp³-hybridized carbons (Fsp3) is 0.667. The summed E-state index contributed by atoms with van der Waals surface area (Å²) in [5, 5.41) is 13.3. The Balaban J connectivity index is 1.32. The number of ether oxygens (including phenoxy) is 1. The molecular formula is C18H23NO5. The lowest BCUT2D eigenvalue weighted by atomic mass is 9.48. The van der Waals surface area contributed by atoms with E-state index in [-0.39, 0.29) is 25.0 Å². The first kappa shape index (κ1) is 15.7. The summed E-state index contributed by atoms with van der Waals surface area (Å²) >= 11 is 0.